The SMILES string of the molecule is CCOC(=O)C1=C(c2ccccc2)Nc2nc(=S)[nH]c(N)c2C1c1ccccc1. The van der Waals surface area contributed by atoms with Crippen LogP contribution in [-0.4, -0.2) is 22.5 Å². The van der Waals surface area contributed by atoms with Crippen LogP contribution in [0.5, 0.6) is 0 Å². The molecule has 29 heavy (non-hydrogen) atoms. The predicted octanol–water partition coefficient (Wildman–Crippen LogP) is 4.25. The Balaban J connectivity index is 2.05. The number of H-pyrrole nitrogens is 1. The number of carbonyl (C=O) groups is 1. The molecule has 1 unspecified atom stereocenters. The molecule has 7 heteroatoms. The minimum Gasteiger partial charge on any atom is -0.463 e. The molecule has 0 aliphatic carbocycles. The summed E-state index contributed by atoms with van der Waals surface area (Å²) in [7, 11) is 0. The Labute approximate surface area is 173 Å². The van der Waals surface area contributed by atoms with E-state index in [1.807, 2.05) is 60.7 Å². The summed E-state index contributed by atoms with van der Waals surface area (Å²) < 4.78 is 5.71. The summed E-state index contributed by atoms with van der Waals surface area (Å²) in [4.78, 5) is 20.5. The van der Waals surface area contributed by atoms with E-state index in [9.17, 15) is 4.79 Å². The van der Waals surface area contributed by atoms with Crippen LogP contribution >= 0.6 is 12.2 Å². The van der Waals surface area contributed by atoms with E-state index in [0.29, 0.717) is 28.5 Å². The zero-order chi connectivity index (χ0) is 20.4. The van der Waals surface area contributed by atoms with Gasteiger partial charge in [0.25, 0.3) is 0 Å². The number of esters is 1. The Kier molecular flexibility index (Phi) is 5.14. The average Bonchev–Trinajstić information content (AvgIpc) is 2.73. The molecule has 1 atom stereocenters. The molecule has 0 bridgehead atoms. The molecule has 0 fully saturated rings. The third kappa shape index (κ3) is 3.52. The number of fused-ring (bicyclic) bond motifs is 1. The molecule has 4 N–H and O–H groups in total. The van der Waals surface area contributed by atoms with Gasteiger partial charge in [-0.2, -0.15) is 0 Å². The Hall–Kier alpha value is -3.45. The van der Waals surface area contributed by atoms with Gasteiger partial charge in [0, 0.05) is 5.56 Å². The van der Waals surface area contributed by atoms with Crippen LogP contribution in [0.4, 0.5) is 11.6 Å². The van der Waals surface area contributed by atoms with Crippen LogP contribution in [0, 0.1) is 4.77 Å². The van der Waals surface area contributed by atoms with E-state index >= 15 is 0 Å². The second kappa shape index (κ2) is 7.89. The van der Waals surface area contributed by atoms with Crippen LogP contribution in [0.15, 0.2) is 66.2 Å². The van der Waals surface area contributed by atoms with E-state index in [1.54, 1.807) is 6.92 Å². The number of anilines is 2. The van der Waals surface area contributed by atoms with Crippen LogP contribution in [0.2, 0.25) is 0 Å². The van der Waals surface area contributed by atoms with Gasteiger partial charge in [-0.1, -0.05) is 60.7 Å². The molecule has 3 aromatic rings. The number of aromatic nitrogens is 2. The zero-order valence-corrected chi connectivity index (χ0v) is 16.6. The molecule has 2 heterocycles. The van der Waals surface area contributed by atoms with E-state index in [-0.39, 0.29) is 11.4 Å². The van der Waals surface area contributed by atoms with Gasteiger partial charge in [-0.05, 0) is 30.3 Å². The lowest BCUT2D eigenvalue weighted by molar-refractivity contribution is -0.138. The number of carbonyl (C=O) groups excluding carboxylic acids is 1. The summed E-state index contributed by atoms with van der Waals surface area (Å²) in [5.41, 5.74) is 9.86. The fourth-order valence-corrected chi connectivity index (χ4v) is 3.80. The van der Waals surface area contributed by atoms with Gasteiger partial charge in [-0.15, -0.1) is 0 Å². The highest BCUT2D eigenvalue weighted by Gasteiger charge is 2.37. The number of nitrogen functional groups attached to an aromatic ring is 1. The molecular formula is C22H20N4O2S. The minimum absolute atomic E-state index is 0.268. The number of aromatic amines is 1. The summed E-state index contributed by atoms with van der Waals surface area (Å²) in [6.45, 7) is 2.05. The number of benzene rings is 2. The van der Waals surface area contributed by atoms with Crippen LogP contribution in [0.1, 0.15) is 29.5 Å². The van der Waals surface area contributed by atoms with Crippen LogP contribution in [0.25, 0.3) is 5.70 Å². The van der Waals surface area contributed by atoms with Gasteiger partial charge in [0.15, 0.2) is 4.77 Å². The lowest BCUT2D eigenvalue weighted by Crippen LogP contribution is -2.26. The minimum atomic E-state index is -0.457. The van der Waals surface area contributed by atoms with E-state index in [0.717, 1.165) is 11.1 Å². The second-order valence-electron chi connectivity index (χ2n) is 6.56. The van der Waals surface area contributed by atoms with Gasteiger partial charge in [-0.25, -0.2) is 9.78 Å². The molecular weight excluding hydrogens is 384 g/mol. The van der Waals surface area contributed by atoms with E-state index in [2.05, 4.69) is 15.3 Å². The molecule has 1 aliphatic rings. The molecule has 1 aromatic heterocycles. The number of nitrogens with one attached hydrogen (secondary N) is 2. The Morgan fingerprint density at radius 1 is 1.14 bits per heavy atom. The monoisotopic (exact) mass is 404 g/mol. The normalized spacial score (nSPS) is 15.4. The molecule has 6 nitrogen and oxygen atoms in total. The third-order valence-corrected chi connectivity index (χ3v) is 4.97. The second-order valence-corrected chi connectivity index (χ2v) is 6.95. The maximum atomic E-state index is 13.1. The topological polar surface area (TPSA) is 93.0 Å². The van der Waals surface area contributed by atoms with E-state index < -0.39 is 11.9 Å². The van der Waals surface area contributed by atoms with Crippen molar-refractivity contribution in [1.29, 1.82) is 0 Å². The van der Waals surface area contributed by atoms with Crippen molar-refractivity contribution >= 4 is 35.5 Å². The number of hydrogen-bond acceptors (Lipinski definition) is 6. The van der Waals surface area contributed by atoms with Crippen molar-refractivity contribution in [2.24, 2.45) is 0 Å². The van der Waals surface area contributed by atoms with Crippen molar-refractivity contribution in [3.8, 4) is 0 Å². The molecule has 2 aromatic carbocycles. The van der Waals surface area contributed by atoms with Crippen LogP contribution < -0.4 is 11.1 Å². The summed E-state index contributed by atoms with van der Waals surface area (Å²) in [5, 5.41) is 3.29. The summed E-state index contributed by atoms with van der Waals surface area (Å²) >= 11 is 5.22. The fraction of sp³-hybridized carbons (Fsp3) is 0.136. The number of hydrogen-bond donors (Lipinski definition) is 3. The number of nitrogens with two attached hydrogens (primary N) is 1. The lowest BCUT2D eigenvalue weighted by atomic mass is 9.80. The Morgan fingerprint density at radius 2 is 1.79 bits per heavy atom. The third-order valence-electron chi connectivity index (χ3n) is 4.78. The quantitative estimate of drug-likeness (QED) is 0.445. The maximum Gasteiger partial charge on any atom is 0.337 e. The van der Waals surface area contributed by atoms with Crippen molar-refractivity contribution in [1.82, 2.24) is 9.97 Å². The average molecular weight is 404 g/mol. The highest BCUT2D eigenvalue weighted by atomic mass is 32.1. The first kappa shape index (κ1) is 18.9. The number of nitrogens with zero attached hydrogens (tertiary/aromatic N) is 1. The molecule has 4 rings (SSSR count). The molecule has 1 aliphatic heterocycles. The van der Waals surface area contributed by atoms with Crippen molar-refractivity contribution < 1.29 is 9.53 Å². The zero-order valence-electron chi connectivity index (χ0n) is 15.8. The Morgan fingerprint density at radius 3 is 2.45 bits per heavy atom. The summed E-state index contributed by atoms with van der Waals surface area (Å²) in [6, 6.07) is 19.3. The van der Waals surface area contributed by atoms with Gasteiger partial charge in [0.1, 0.15) is 11.6 Å². The van der Waals surface area contributed by atoms with E-state index in [4.69, 9.17) is 22.7 Å². The van der Waals surface area contributed by atoms with Crippen LogP contribution in [-0.2, 0) is 9.53 Å². The maximum absolute atomic E-state index is 13.1. The summed E-state index contributed by atoms with van der Waals surface area (Å²) in [5.74, 6) is 0.0449. The largest absolute Gasteiger partial charge is 0.463 e. The van der Waals surface area contributed by atoms with Gasteiger partial charge in [0.05, 0.1) is 23.8 Å². The molecule has 0 saturated carbocycles. The standard InChI is InChI=1S/C22H20N4O2S/c1-2-28-21(27)16-15(13-9-5-3-6-10-13)17-19(23)25-22(29)26-20(17)24-18(16)14-11-7-4-8-12-14/h3-12,15H,2H2,1H3,(H4,23,24,25,26,29). The van der Waals surface area contributed by atoms with Gasteiger partial charge >= 0.3 is 5.97 Å². The molecule has 0 radical (unpaired) electrons. The van der Waals surface area contributed by atoms with Gasteiger partial charge in [-0.3, -0.25) is 0 Å². The first-order valence-corrected chi connectivity index (χ1v) is 9.69. The first-order valence-electron chi connectivity index (χ1n) is 9.28. The molecule has 146 valence electrons. The fourth-order valence-electron chi connectivity index (χ4n) is 3.60. The highest BCUT2D eigenvalue weighted by molar-refractivity contribution is 7.71. The predicted molar refractivity (Wildman–Crippen MR) is 116 cm³/mol. The molecule has 0 amide bonds. The smallest absolute Gasteiger partial charge is 0.337 e. The lowest BCUT2D eigenvalue weighted by Gasteiger charge is -2.31. The summed E-state index contributed by atoms with van der Waals surface area (Å²) in [6.07, 6.45) is 0. The molecule has 0 saturated heterocycles. The van der Waals surface area contributed by atoms with Gasteiger partial charge in [0.2, 0.25) is 0 Å². The number of ether oxygens (including phenoxy) is 1. The molecule has 0 spiro atoms. The van der Waals surface area contributed by atoms with Crippen molar-refractivity contribution in [3.05, 3.63) is 87.7 Å². The van der Waals surface area contributed by atoms with E-state index in [1.165, 1.54) is 0 Å². The van der Waals surface area contributed by atoms with Crippen LogP contribution in [0.3, 0.4) is 0 Å². The van der Waals surface area contributed by atoms with Crippen molar-refractivity contribution in [2.75, 3.05) is 17.7 Å². The van der Waals surface area contributed by atoms with Gasteiger partial charge < -0.3 is 20.8 Å². The first-order chi connectivity index (χ1) is 14.1. The highest BCUT2D eigenvalue weighted by Crippen LogP contribution is 2.45. The van der Waals surface area contributed by atoms with Crippen molar-refractivity contribution in [2.45, 2.75) is 12.8 Å². The Bertz CT molecular complexity index is 1140. The number of rotatable bonds is 4. The van der Waals surface area contributed by atoms with Crippen molar-refractivity contribution in [3.63, 3.8) is 0 Å².